The quantitative estimate of drug-likeness (QED) is 0.733. The van der Waals surface area contributed by atoms with Crippen LogP contribution in [0.25, 0.3) is 0 Å². The zero-order valence-electron chi connectivity index (χ0n) is 13.2. The van der Waals surface area contributed by atoms with Crippen molar-refractivity contribution in [1.82, 2.24) is 0 Å². The Morgan fingerprint density at radius 3 is 2.52 bits per heavy atom. The topological polar surface area (TPSA) is 33.0 Å². The van der Waals surface area contributed by atoms with Crippen LogP contribution in [0.3, 0.4) is 0 Å². The van der Waals surface area contributed by atoms with Crippen molar-refractivity contribution in [3.8, 4) is 11.8 Å². The van der Waals surface area contributed by atoms with Crippen molar-refractivity contribution in [2.24, 2.45) is 17.3 Å². The van der Waals surface area contributed by atoms with Gasteiger partial charge in [-0.15, -0.1) is 0 Å². The predicted octanol–water partition coefficient (Wildman–Crippen LogP) is 5.36. The minimum atomic E-state index is -0.181. The monoisotopic (exact) mass is 349 g/mol. The van der Waals surface area contributed by atoms with Crippen LogP contribution in [0.4, 0.5) is 0 Å². The van der Waals surface area contributed by atoms with Gasteiger partial charge in [0, 0.05) is 0 Å². The number of rotatable bonds is 4. The molecule has 3 heteroatoms. The number of hydrogen-bond donors (Lipinski definition) is 0. The zero-order chi connectivity index (χ0) is 15.5. The maximum atomic E-state index is 9.71. The van der Waals surface area contributed by atoms with E-state index in [1.54, 1.807) is 7.11 Å². The average molecular weight is 350 g/mol. The van der Waals surface area contributed by atoms with Gasteiger partial charge in [0.15, 0.2) is 0 Å². The summed E-state index contributed by atoms with van der Waals surface area (Å²) in [4.78, 5) is 0. The number of halogens is 1. The first-order valence-corrected chi connectivity index (χ1v) is 8.52. The Balaban J connectivity index is 2.10. The van der Waals surface area contributed by atoms with Crippen LogP contribution in [0, 0.1) is 28.6 Å². The second-order valence-electron chi connectivity index (χ2n) is 6.62. The van der Waals surface area contributed by atoms with E-state index in [1.165, 1.54) is 18.4 Å². The first-order chi connectivity index (χ1) is 9.99. The molecular formula is C18H24BrNO. The normalized spacial score (nSPS) is 25.6. The molecule has 0 heterocycles. The van der Waals surface area contributed by atoms with Gasteiger partial charge in [-0.2, -0.15) is 5.26 Å². The standard InChI is InChI=1S/C18H24BrNO/c1-13(2)15-6-8-18(12-20,9-7-15)11-14-4-5-17(21-3)16(19)10-14/h4-5,10,13,15H,6-9,11H2,1-3H3. The Hall–Kier alpha value is -1.01. The highest BCUT2D eigenvalue weighted by Crippen LogP contribution is 2.43. The summed E-state index contributed by atoms with van der Waals surface area (Å²) >= 11 is 3.53. The third-order valence-corrected chi connectivity index (χ3v) is 5.55. The lowest BCUT2D eigenvalue weighted by molar-refractivity contribution is 0.175. The van der Waals surface area contributed by atoms with Gasteiger partial charge in [-0.1, -0.05) is 19.9 Å². The van der Waals surface area contributed by atoms with Crippen LogP contribution in [-0.2, 0) is 6.42 Å². The lowest BCUT2D eigenvalue weighted by atomic mass is 9.66. The van der Waals surface area contributed by atoms with Crippen molar-refractivity contribution in [1.29, 1.82) is 5.26 Å². The second-order valence-corrected chi connectivity index (χ2v) is 7.47. The molecule has 21 heavy (non-hydrogen) atoms. The molecule has 0 amide bonds. The summed E-state index contributed by atoms with van der Waals surface area (Å²) in [5.41, 5.74) is 1.03. The Kier molecular flexibility index (Phi) is 5.32. The second kappa shape index (κ2) is 6.83. The summed E-state index contributed by atoms with van der Waals surface area (Å²) in [6.45, 7) is 4.59. The molecule has 114 valence electrons. The van der Waals surface area contributed by atoms with Gasteiger partial charge in [-0.3, -0.25) is 0 Å². The molecule has 0 aliphatic heterocycles. The molecule has 2 rings (SSSR count). The highest BCUT2D eigenvalue weighted by molar-refractivity contribution is 9.10. The van der Waals surface area contributed by atoms with Crippen molar-refractivity contribution in [3.05, 3.63) is 28.2 Å². The maximum Gasteiger partial charge on any atom is 0.133 e. The van der Waals surface area contributed by atoms with Gasteiger partial charge in [-0.25, -0.2) is 0 Å². The molecule has 1 aromatic rings. The Morgan fingerprint density at radius 2 is 2.05 bits per heavy atom. The van der Waals surface area contributed by atoms with E-state index in [9.17, 15) is 5.26 Å². The Labute approximate surface area is 136 Å². The number of benzene rings is 1. The molecular weight excluding hydrogens is 326 g/mol. The summed E-state index contributed by atoms with van der Waals surface area (Å²) in [7, 11) is 1.67. The van der Waals surface area contributed by atoms with E-state index in [-0.39, 0.29) is 5.41 Å². The highest BCUT2D eigenvalue weighted by Gasteiger charge is 2.36. The molecule has 0 spiro atoms. The van der Waals surface area contributed by atoms with Gasteiger partial charge >= 0.3 is 0 Å². The van der Waals surface area contributed by atoms with E-state index < -0.39 is 0 Å². The van der Waals surface area contributed by atoms with Gasteiger partial charge < -0.3 is 4.74 Å². The van der Waals surface area contributed by atoms with E-state index >= 15 is 0 Å². The first kappa shape index (κ1) is 16.4. The summed E-state index contributed by atoms with van der Waals surface area (Å²) in [6.07, 6.45) is 5.26. The van der Waals surface area contributed by atoms with Gasteiger partial charge in [0.1, 0.15) is 5.75 Å². The molecule has 0 atom stereocenters. The van der Waals surface area contributed by atoms with Gasteiger partial charge in [-0.05, 0) is 77.6 Å². The van der Waals surface area contributed by atoms with Crippen molar-refractivity contribution in [3.63, 3.8) is 0 Å². The van der Waals surface area contributed by atoms with Crippen LogP contribution < -0.4 is 4.74 Å². The summed E-state index contributed by atoms with van der Waals surface area (Å²) in [5, 5.41) is 9.71. The molecule has 2 nitrogen and oxygen atoms in total. The van der Waals surface area contributed by atoms with Crippen LogP contribution in [0.1, 0.15) is 45.1 Å². The average Bonchev–Trinajstić information content (AvgIpc) is 2.48. The van der Waals surface area contributed by atoms with E-state index in [0.717, 1.165) is 41.3 Å². The minimum Gasteiger partial charge on any atom is -0.496 e. The van der Waals surface area contributed by atoms with E-state index in [1.807, 2.05) is 6.07 Å². The zero-order valence-corrected chi connectivity index (χ0v) is 14.7. The van der Waals surface area contributed by atoms with Gasteiger partial charge in [0.05, 0.1) is 23.1 Å². The third kappa shape index (κ3) is 3.80. The molecule has 1 aromatic carbocycles. The summed E-state index contributed by atoms with van der Waals surface area (Å²) in [6, 6.07) is 8.77. The van der Waals surface area contributed by atoms with Crippen LogP contribution in [0.15, 0.2) is 22.7 Å². The fraction of sp³-hybridized carbons (Fsp3) is 0.611. The minimum absolute atomic E-state index is 0.181. The van der Waals surface area contributed by atoms with Crippen molar-refractivity contribution >= 4 is 15.9 Å². The SMILES string of the molecule is COc1ccc(CC2(C#N)CCC(C(C)C)CC2)cc1Br. The molecule has 0 aromatic heterocycles. The Morgan fingerprint density at radius 1 is 1.38 bits per heavy atom. The van der Waals surface area contributed by atoms with Gasteiger partial charge in [0.2, 0.25) is 0 Å². The number of hydrogen-bond acceptors (Lipinski definition) is 2. The lowest BCUT2D eigenvalue weighted by Crippen LogP contribution is -2.30. The molecule has 0 saturated heterocycles. The largest absolute Gasteiger partial charge is 0.496 e. The van der Waals surface area contributed by atoms with Crippen molar-refractivity contribution in [2.45, 2.75) is 46.0 Å². The van der Waals surface area contributed by atoms with Crippen molar-refractivity contribution in [2.75, 3.05) is 7.11 Å². The van der Waals surface area contributed by atoms with Crippen LogP contribution in [0.2, 0.25) is 0 Å². The molecule has 1 saturated carbocycles. The van der Waals surface area contributed by atoms with E-state index in [2.05, 4.69) is 48.0 Å². The molecule has 0 N–H and O–H groups in total. The number of nitrogens with zero attached hydrogens (tertiary/aromatic N) is 1. The molecule has 1 aliphatic rings. The molecule has 1 aliphatic carbocycles. The predicted molar refractivity (Wildman–Crippen MR) is 89.2 cm³/mol. The fourth-order valence-electron chi connectivity index (χ4n) is 3.40. The number of methoxy groups -OCH3 is 1. The molecule has 0 radical (unpaired) electrons. The molecule has 0 unspecified atom stereocenters. The highest BCUT2D eigenvalue weighted by atomic mass is 79.9. The molecule has 1 fully saturated rings. The summed E-state index contributed by atoms with van der Waals surface area (Å²) < 4.78 is 6.23. The van der Waals surface area contributed by atoms with Crippen LogP contribution in [-0.4, -0.2) is 7.11 Å². The van der Waals surface area contributed by atoms with Crippen LogP contribution >= 0.6 is 15.9 Å². The van der Waals surface area contributed by atoms with Gasteiger partial charge in [0.25, 0.3) is 0 Å². The number of nitriles is 1. The molecule has 0 bridgehead atoms. The third-order valence-electron chi connectivity index (χ3n) is 4.93. The smallest absolute Gasteiger partial charge is 0.133 e. The van der Waals surface area contributed by atoms with E-state index in [0.29, 0.717) is 0 Å². The van der Waals surface area contributed by atoms with Crippen LogP contribution in [0.5, 0.6) is 5.75 Å². The lowest BCUT2D eigenvalue weighted by Gasteiger charge is -2.36. The fourth-order valence-corrected chi connectivity index (χ4v) is 3.99. The Bertz CT molecular complexity index is 525. The van der Waals surface area contributed by atoms with Crippen molar-refractivity contribution < 1.29 is 4.74 Å². The maximum absolute atomic E-state index is 9.71. The first-order valence-electron chi connectivity index (χ1n) is 7.73. The number of ether oxygens (including phenoxy) is 1. The summed E-state index contributed by atoms with van der Waals surface area (Å²) in [5.74, 6) is 2.36. The van der Waals surface area contributed by atoms with E-state index in [4.69, 9.17) is 4.74 Å².